The first-order chi connectivity index (χ1) is 6.38. The molecule has 0 rings (SSSR count). The molecular formula is C8H16F3NO2. The van der Waals surface area contributed by atoms with E-state index in [1.54, 1.807) is 13.8 Å². The van der Waals surface area contributed by atoms with E-state index in [4.69, 9.17) is 10.5 Å². The fraction of sp³-hybridized carbons (Fsp3) is 1.00. The number of ether oxygens (including phenoxy) is 2. The molecule has 6 heteroatoms. The van der Waals surface area contributed by atoms with Gasteiger partial charge >= 0.3 is 6.18 Å². The first kappa shape index (κ1) is 13.7. The fourth-order valence-corrected chi connectivity index (χ4v) is 0.770. The van der Waals surface area contributed by atoms with Crippen LogP contribution in [-0.4, -0.2) is 38.1 Å². The van der Waals surface area contributed by atoms with Gasteiger partial charge in [0.2, 0.25) is 0 Å². The van der Waals surface area contributed by atoms with Gasteiger partial charge in [-0.1, -0.05) is 0 Å². The molecular weight excluding hydrogens is 199 g/mol. The van der Waals surface area contributed by atoms with E-state index in [1.807, 2.05) is 0 Å². The standard InChI is InChI=1S/C8H16F3NO2/c1-6(2)13-3-4-14-7(5-12)8(9,10)11/h6-7H,3-5,12H2,1-2H3. The highest BCUT2D eigenvalue weighted by atomic mass is 19.4. The minimum Gasteiger partial charge on any atom is -0.376 e. The van der Waals surface area contributed by atoms with Crippen LogP contribution in [0.3, 0.4) is 0 Å². The Morgan fingerprint density at radius 2 is 1.64 bits per heavy atom. The van der Waals surface area contributed by atoms with Gasteiger partial charge in [0.25, 0.3) is 0 Å². The van der Waals surface area contributed by atoms with Crippen LogP contribution >= 0.6 is 0 Å². The maximum atomic E-state index is 12.1. The normalized spacial score (nSPS) is 14.8. The van der Waals surface area contributed by atoms with Crippen LogP contribution in [0, 0.1) is 0 Å². The first-order valence-electron chi connectivity index (χ1n) is 4.38. The zero-order chi connectivity index (χ0) is 11.2. The number of nitrogens with two attached hydrogens (primary N) is 1. The summed E-state index contributed by atoms with van der Waals surface area (Å²) < 4.78 is 45.7. The summed E-state index contributed by atoms with van der Waals surface area (Å²) >= 11 is 0. The molecule has 0 saturated carbocycles. The lowest BCUT2D eigenvalue weighted by molar-refractivity contribution is -0.219. The van der Waals surface area contributed by atoms with E-state index in [-0.39, 0.29) is 19.3 Å². The van der Waals surface area contributed by atoms with E-state index < -0.39 is 18.8 Å². The highest BCUT2D eigenvalue weighted by molar-refractivity contribution is 4.67. The Balaban J connectivity index is 3.64. The zero-order valence-electron chi connectivity index (χ0n) is 8.30. The molecule has 1 atom stereocenters. The van der Waals surface area contributed by atoms with Crippen molar-refractivity contribution in [2.45, 2.75) is 32.2 Å². The number of hydrogen-bond donors (Lipinski definition) is 1. The van der Waals surface area contributed by atoms with Gasteiger partial charge in [-0.15, -0.1) is 0 Å². The SMILES string of the molecule is CC(C)OCCOC(CN)C(F)(F)F. The van der Waals surface area contributed by atoms with Crippen molar-refractivity contribution in [3.63, 3.8) is 0 Å². The fourth-order valence-electron chi connectivity index (χ4n) is 0.770. The first-order valence-corrected chi connectivity index (χ1v) is 4.38. The third-order valence-electron chi connectivity index (χ3n) is 1.43. The molecule has 0 aliphatic heterocycles. The molecule has 86 valence electrons. The van der Waals surface area contributed by atoms with E-state index in [0.29, 0.717) is 0 Å². The summed E-state index contributed by atoms with van der Waals surface area (Å²) in [6, 6.07) is 0. The summed E-state index contributed by atoms with van der Waals surface area (Å²) in [5.74, 6) is 0. The average Bonchev–Trinajstić information content (AvgIpc) is 2.01. The summed E-state index contributed by atoms with van der Waals surface area (Å²) in [6.07, 6.45) is -6.30. The van der Waals surface area contributed by atoms with Crippen LogP contribution in [0.2, 0.25) is 0 Å². The smallest absolute Gasteiger partial charge is 0.376 e. The molecule has 0 bridgehead atoms. The Labute approximate surface area is 81.4 Å². The van der Waals surface area contributed by atoms with Crippen molar-refractivity contribution in [2.75, 3.05) is 19.8 Å². The van der Waals surface area contributed by atoms with Crippen molar-refractivity contribution in [1.82, 2.24) is 0 Å². The molecule has 0 amide bonds. The zero-order valence-corrected chi connectivity index (χ0v) is 8.30. The Morgan fingerprint density at radius 1 is 1.14 bits per heavy atom. The van der Waals surface area contributed by atoms with Crippen molar-refractivity contribution in [3.8, 4) is 0 Å². The predicted molar refractivity (Wildman–Crippen MR) is 45.9 cm³/mol. The summed E-state index contributed by atoms with van der Waals surface area (Å²) in [5, 5.41) is 0. The van der Waals surface area contributed by atoms with Gasteiger partial charge in [0.1, 0.15) is 0 Å². The lowest BCUT2D eigenvalue weighted by Gasteiger charge is -2.19. The largest absolute Gasteiger partial charge is 0.415 e. The number of rotatable bonds is 6. The molecule has 0 radical (unpaired) electrons. The van der Waals surface area contributed by atoms with Gasteiger partial charge < -0.3 is 15.2 Å². The lowest BCUT2D eigenvalue weighted by atomic mass is 10.3. The van der Waals surface area contributed by atoms with Crippen LogP contribution in [0.5, 0.6) is 0 Å². The lowest BCUT2D eigenvalue weighted by Crippen LogP contribution is -2.39. The Bertz CT molecular complexity index is 150. The van der Waals surface area contributed by atoms with E-state index in [1.165, 1.54) is 0 Å². The molecule has 0 spiro atoms. The third kappa shape index (κ3) is 6.17. The molecule has 2 N–H and O–H groups in total. The van der Waals surface area contributed by atoms with Gasteiger partial charge in [-0.3, -0.25) is 0 Å². The molecule has 0 heterocycles. The van der Waals surface area contributed by atoms with E-state index >= 15 is 0 Å². The molecule has 0 aromatic carbocycles. The molecule has 14 heavy (non-hydrogen) atoms. The predicted octanol–water partition coefficient (Wildman–Crippen LogP) is 1.32. The van der Waals surface area contributed by atoms with Crippen LogP contribution in [0.1, 0.15) is 13.8 Å². The maximum Gasteiger partial charge on any atom is 0.415 e. The maximum absolute atomic E-state index is 12.1. The molecule has 0 aliphatic rings. The Hall–Kier alpha value is -0.330. The van der Waals surface area contributed by atoms with Crippen LogP contribution in [0.25, 0.3) is 0 Å². The van der Waals surface area contributed by atoms with Crippen molar-refractivity contribution in [2.24, 2.45) is 5.73 Å². The van der Waals surface area contributed by atoms with Crippen molar-refractivity contribution in [3.05, 3.63) is 0 Å². The van der Waals surface area contributed by atoms with E-state index in [2.05, 4.69) is 4.74 Å². The van der Waals surface area contributed by atoms with Crippen molar-refractivity contribution >= 4 is 0 Å². The summed E-state index contributed by atoms with van der Waals surface area (Å²) in [6.45, 7) is 3.07. The molecule has 0 aromatic heterocycles. The van der Waals surface area contributed by atoms with Crippen LogP contribution < -0.4 is 5.73 Å². The van der Waals surface area contributed by atoms with E-state index in [0.717, 1.165) is 0 Å². The highest BCUT2D eigenvalue weighted by Gasteiger charge is 2.39. The molecule has 0 aromatic rings. The summed E-state index contributed by atoms with van der Waals surface area (Å²) in [5.41, 5.74) is 4.92. The number of halogens is 3. The van der Waals surface area contributed by atoms with Gasteiger partial charge in [0.05, 0.1) is 19.3 Å². The molecule has 3 nitrogen and oxygen atoms in total. The Kier molecular flexibility index (Phi) is 6.06. The van der Waals surface area contributed by atoms with Crippen molar-refractivity contribution in [1.29, 1.82) is 0 Å². The summed E-state index contributed by atoms with van der Waals surface area (Å²) in [7, 11) is 0. The second-order valence-electron chi connectivity index (χ2n) is 3.06. The van der Waals surface area contributed by atoms with Crippen LogP contribution in [-0.2, 0) is 9.47 Å². The number of hydrogen-bond acceptors (Lipinski definition) is 3. The number of alkyl halides is 3. The highest BCUT2D eigenvalue weighted by Crippen LogP contribution is 2.21. The molecule has 0 fully saturated rings. The monoisotopic (exact) mass is 215 g/mol. The van der Waals surface area contributed by atoms with Gasteiger partial charge in [0, 0.05) is 6.54 Å². The minimum absolute atomic E-state index is 0.0131. The Morgan fingerprint density at radius 3 is 2.00 bits per heavy atom. The molecule has 0 aliphatic carbocycles. The van der Waals surface area contributed by atoms with E-state index in [9.17, 15) is 13.2 Å². The summed E-state index contributed by atoms with van der Waals surface area (Å²) in [4.78, 5) is 0. The molecule has 0 saturated heterocycles. The van der Waals surface area contributed by atoms with Gasteiger partial charge in [-0.25, -0.2) is 0 Å². The van der Waals surface area contributed by atoms with Crippen LogP contribution in [0.4, 0.5) is 13.2 Å². The topological polar surface area (TPSA) is 44.5 Å². The van der Waals surface area contributed by atoms with Crippen molar-refractivity contribution < 1.29 is 22.6 Å². The van der Waals surface area contributed by atoms with Crippen LogP contribution in [0.15, 0.2) is 0 Å². The minimum atomic E-state index is -4.40. The molecule has 1 unspecified atom stereocenters. The average molecular weight is 215 g/mol. The quantitative estimate of drug-likeness (QED) is 0.679. The van der Waals surface area contributed by atoms with Gasteiger partial charge in [-0.2, -0.15) is 13.2 Å². The second-order valence-corrected chi connectivity index (χ2v) is 3.06. The third-order valence-corrected chi connectivity index (χ3v) is 1.43. The van der Waals surface area contributed by atoms with Gasteiger partial charge in [0.15, 0.2) is 6.10 Å². The second kappa shape index (κ2) is 6.21. The van der Waals surface area contributed by atoms with Gasteiger partial charge in [-0.05, 0) is 13.8 Å².